The monoisotopic (exact) mass is 469 g/mol. The van der Waals surface area contributed by atoms with Gasteiger partial charge in [-0.3, -0.25) is 9.52 Å². The van der Waals surface area contributed by atoms with Gasteiger partial charge in [-0.25, -0.2) is 8.42 Å². The summed E-state index contributed by atoms with van der Waals surface area (Å²) in [7, 11) is -3.73. The van der Waals surface area contributed by atoms with Crippen molar-refractivity contribution in [3.8, 4) is 0 Å². The van der Waals surface area contributed by atoms with Crippen LogP contribution in [-0.2, 0) is 23.0 Å². The van der Waals surface area contributed by atoms with E-state index in [9.17, 15) is 13.2 Å². The van der Waals surface area contributed by atoms with Gasteiger partial charge in [-0.05, 0) is 60.9 Å². The Morgan fingerprint density at radius 3 is 2.62 bits per heavy atom. The number of pyridine rings is 1. The van der Waals surface area contributed by atoms with E-state index in [2.05, 4.69) is 33.9 Å². The zero-order valence-electron chi connectivity index (χ0n) is 17.8. The van der Waals surface area contributed by atoms with Gasteiger partial charge in [0.15, 0.2) is 0 Å². The number of rotatable bonds is 7. The van der Waals surface area contributed by atoms with Crippen molar-refractivity contribution in [1.82, 2.24) is 9.47 Å². The van der Waals surface area contributed by atoms with Gasteiger partial charge < -0.3 is 9.47 Å². The average Bonchev–Trinajstić information content (AvgIpc) is 3.33. The van der Waals surface area contributed by atoms with Gasteiger partial charge in [0, 0.05) is 31.2 Å². The van der Waals surface area contributed by atoms with E-state index in [1.807, 2.05) is 12.1 Å². The minimum Gasteiger partial charge on any atom is -0.310 e. The largest absolute Gasteiger partial charge is 0.310 e. The molecule has 0 amide bonds. The van der Waals surface area contributed by atoms with Gasteiger partial charge in [0.1, 0.15) is 9.90 Å². The number of anilines is 1. The zero-order chi connectivity index (χ0) is 22.1. The first-order chi connectivity index (χ1) is 15.5. The minimum atomic E-state index is -3.73. The summed E-state index contributed by atoms with van der Waals surface area (Å²) < 4.78 is 29.6. The normalized spacial score (nSPS) is 20.6. The Kier molecular flexibility index (Phi) is 5.92. The second-order valence-electron chi connectivity index (χ2n) is 8.77. The predicted octanol–water partition coefficient (Wildman–Crippen LogP) is 3.76. The van der Waals surface area contributed by atoms with Crippen LogP contribution in [0.4, 0.5) is 5.69 Å². The Bertz CT molecular complexity index is 1240. The summed E-state index contributed by atoms with van der Waals surface area (Å²) in [6.07, 6.45) is 3.30. The van der Waals surface area contributed by atoms with E-state index in [1.165, 1.54) is 5.56 Å². The van der Waals surface area contributed by atoms with Crippen LogP contribution in [0.5, 0.6) is 0 Å². The van der Waals surface area contributed by atoms with Crippen LogP contribution < -0.4 is 10.3 Å². The van der Waals surface area contributed by atoms with Crippen LogP contribution in [-0.4, -0.2) is 37.5 Å². The average molecular weight is 470 g/mol. The molecule has 2 aliphatic heterocycles. The van der Waals surface area contributed by atoms with Gasteiger partial charge in [-0.2, -0.15) is 0 Å². The van der Waals surface area contributed by atoms with Gasteiger partial charge in [-0.1, -0.05) is 36.4 Å². The highest BCUT2D eigenvalue weighted by Crippen LogP contribution is 2.35. The number of hydrogen-bond acceptors (Lipinski definition) is 5. The van der Waals surface area contributed by atoms with Crippen LogP contribution in [0.2, 0.25) is 0 Å². The van der Waals surface area contributed by atoms with Crippen molar-refractivity contribution in [2.45, 2.75) is 35.9 Å². The van der Waals surface area contributed by atoms with Gasteiger partial charge in [0.05, 0.1) is 0 Å². The second kappa shape index (κ2) is 8.84. The summed E-state index contributed by atoms with van der Waals surface area (Å²) in [5.74, 6) is 0.731. The first-order valence-electron chi connectivity index (χ1n) is 11.1. The molecule has 0 saturated carbocycles. The molecule has 3 aromatic rings. The van der Waals surface area contributed by atoms with Gasteiger partial charge in [-0.15, -0.1) is 11.3 Å². The Morgan fingerprint density at radius 2 is 1.84 bits per heavy atom. The van der Waals surface area contributed by atoms with E-state index in [0.29, 0.717) is 18.4 Å². The molecule has 0 radical (unpaired) electrons. The number of aryl methyl sites for hydroxylation is 1. The lowest BCUT2D eigenvalue weighted by molar-refractivity contribution is 0.119. The number of nitrogens with one attached hydrogen (secondary N) is 1. The van der Waals surface area contributed by atoms with Crippen LogP contribution >= 0.6 is 11.3 Å². The first kappa shape index (κ1) is 21.4. The molecule has 2 atom stereocenters. The number of fused-ring (bicyclic) bond motifs is 4. The van der Waals surface area contributed by atoms with Crippen molar-refractivity contribution in [3.05, 3.63) is 81.6 Å². The lowest BCUT2D eigenvalue weighted by atomic mass is 9.83. The molecule has 6 nitrogen and oxygen atoms in total. The van der Waals surface area contributed by atoms with E-state index in [-0.39, 0.29) is 15.5 Å². The molecular formula is C24H27N3O3S2. The molecule has 0 unspecified atom stereocenters. The lowest BCUT2D eigenvalue weighted by Gasteiger charge is -2.43. The van der Waals surface area contributed by atoms with Crippen LogP contribution in [0.1, 0.15) is 30.0 Å². The number of likely N-dealkylation sites (tertiary alicyclic amines) is 1. The summed E-state index contributed by atoms with van der Waals surface area (Å²) in [5.41, 5.74) is 2.29. The summed E-state index contributed by atoms with van der Waals surface area (Å²) in [5, 5.41) is 1.71. The zero-order valence-corrected chi connectivity index (χ0v) is 19.4. The number of thiophene rings is 1. The van der Waals surface area contributed by atoms with Crippen molar-refractivity contribution in [1.29, 1.82) is 0 Å². The van der Waals surface area contributed by atoms with Crippen LogP contribution in [0, 0.1) is 5.92 Å². The standard InChI is InChI=1S/C24H27N3O3S2/c28-24-21(25-32(29,30)23-9-5-13-31-23)10-11-22-20-14-19(16-27(22)24)15-26(17-20)12-4-8-18-6-2-1-3-7-18/h1-3,5-7,9-11,13,19-20,25H,4,8,12,14-17H2/t19-,20+/m0/s1. The maximum atomic E-state index is 13.1. The third-order valence-electron chi connectivity index (χ3n) is 6.47. The van der Waals surface area contributed by atoms with Crippen molar-refractivity contribution in [2.24, 2.45) is 5.92 Å². The van der Waals surface area contributed by atoms with E-state index in [1.54, 1.807) is 28.1 Å². The molecule has 2 aliphatic rings. The highest BCUT2D eigenvalue weighted by Gasteiger charge is 2.35. The number of sulfonamides is 1. The summed E-state index contributed by atoms with van der Waals surface area (Å²) in [4.78, 5) is 15.7. The SMILES string of the molecule is O=c1c(NS(=O)(=O)c2cccs2)ccc2n1C[C@H]1C[C@@H]2CN(CCCc2ccccc2)C1. The Labute approximate surface area is 192 Å². The molecule has 2 aromatic heterocycles. The molecule has 2 bridgehead atoms. The fourth-order valence-electron chi connectivity index (χ4n) is 5.07. The third-order valence-corrected chi connectivity index (χ3v) is 9.23. The van der Waals surface area contributed by atoms with E-state index in [4.69, 9.17) is 0 Å². The molecule has 32 heavy (non-hydrogen) atoms. The minimum absolute atomic E-state index is 0.127. The molecule has 1 N–H and O–H groups in total. The molecule has 8 heteroatoms. The molecule has 1 aromatic carbocycles. The van der Waals surface area contributed by atoms with Gasteiger partial charge in [0.25, 0.3) is 15.6 Å². The number of nitrogens with zero attached hydrogens (tertiary/aromatic N) is 2. The summed E-state index contributed by atoms with van der Waals surface area (Å²) in [6.45, 7) is 3.65. The highest BCUT2D eigenvalue weighted by atomic mass is 32.2. The van der Waals surface area contributed by atoms with E-state index in [0.717, 1.165) is 55.9 Å². The van der Waals surface area contributed by atoms with Gasteiger partial charge in [0.2, 0.25) is 0 Å². The molecule has 0 aliphatic carbocycles. The lowest BCUT2D eigenvalue weighted by Crippen LogP contribution is -2.47. The fourth-order valence-corrected chi connectivity index (χ4v) is 7.12. The molecule has 168 valence electrons. The van der Waals surface area contributed by atoms with Crippen molar-refractivity contribution >= 4 is 27.0 Å². The number of piperidine rings is 1. The quantitative estimate of drug-likeness (QED) is 0.572. The maximum Gasteiger partial charge on any atom is 0.275 e. The van der Waals surface area contributed by atoms with Crippen LogP contribution in [0.15, 0.2) is 69.0 Å². The van der Waals surface area contributed by atoms with E-state index >= 15 is 0 Å². The number of aromatic nitrogens is 1. The Morgan fingerprint density at radius 1 is 1.00 bits per heavy atom. The highest BCUT2D eigenvalue weighted by molar-refractivity contribution is 7.94. The van der Waals surface area contributed by atoms with Crippen LogP contribution in [0.3, 0.4) is 0 Å². The maximum absolute atomic E-state index is 13.1. The molecule has 4 heterocycles. The van der Waals surface area contributed by atoms with Crippen LogP contribution in [0.25, 0.3) is 0 Å². The third kappa shape index (κ3) is 4.40. The second-order valence-corrected chi connectivity index (χ2v) is 11.6. The smallest absolute Gasteiger partial charge is 0.275 e. The summed E-state index contributed by atoms with van der Waals surface area (Å²) in [6, 6.07) is 17.4. The predicted molar refractivity (Wildman–Crippen MR) is 128 cm³/mol. The first-order valence-corrected chi connectivity index (χ1v) is 13.4. The molecular weight excluding hydrogens is 442 g/mol. The molecule has 5 rings (SSSR count). The van der Waals surface area contributed by atoms with Crippen molar-refractivity contribution < 1.29 is 8.42 Å². The van der Waals surface area contributed by atoms with Gasteiger partial charge >= 0.3 is 0 Å². The number of benzene rings is 1. The molecule has 1 saturated heterocycles. The molecule has 1 fully saturated rings. The summed E-state index contributed by atoms with van der Waals surface area (Å²) >= 11 is 1.14. The number of hydrogen-bond donors (Lipinski definition) is 1. The topological polar surface area (TPSA) is 71.4 Å². The fraction of sp³-hybridized carbons (Fsp3) is 0.375. The van der Waals surface area contributed by atoms with E-state index < -0.39 is 10.0 Å². The van der Waals surface area contributed by atoms with Crippen molar-refractivity contribution in [2.75, 3.05) is 24.4 Å². The van der Waals surface area contributed by atoms with Crippen molar-refractivity contribution in [3.63, 3.8) is 0 Å². The molecule has 0 spiro atoms. The Hall–Kier alpha value is -2.42. The Balaban J connectivity index is 1.29.